The van der Waals surface area contributed by atoms with Gasteiger partial charge in [0.15, 0.2) is 0 Å². The molecule has 0 atom stereocenters. The molecule has 102 valence electrons. The predicted molar refractivity (Wildman–Crippen MR) is 67.6 cm³/mol. The molecule has 0 spiro atoms. The van der Waals surface area contributed by atoms with Crippen LogP contribution in [0.3, 0.4) is 0 Å². The van der Waals surface area contributed by atoms with E-state index in [-0.39, 0.29) is 12.2 Å². The van der Waals surface area contributed by atoms with Gasteiger partial charge in [-0.15, -0.1) is 0 Å². The summed E-state index contributed by atoms with van der Waals surface area (Å²) in [6, 6.07) is 0. The van der Waals surface area contributed by atoms with Gasteiger partial charge in [-0.2, -0.15) is 0 Å². The molecule has 0 saturated carbocycles. The van der Waals surface area contributed by atoms with Gasteiger partial charge in [-0.1, -0.05) is 0 Å². The molecule has 1 saturated heterocycles. The third-order valence-corrected chi connectivity index (χ3v) is 9.79. The SMILES string of the molecule is CC(C)[O][Sn]1([O]C(C)C)[O]CCN(C)CC[O]1. The number of hydrogen-bond donors (Lipinski definition) is 0. The van der Waals surface area contributed by atoms with Gasteiger partial charge in [-0.05, 0) is 0 Å². The van der Waals surface area contributed by atoms with Crippen molar-refractivity contribution in [2.24, 2.45) is 0 Å². The van der Waals surface area contributed by atoms with Gasteiger partial charge in [0.05, 0.1) is 0 Å². The first-order valence-corrected chi connectivity index (χ1v) is 10.9. The first-order chi connectivity index (χ1) is 7.93. The van der Waals surface area contributed by atoms with Gasteiger partial charge in [-0.3, -0.25) is 0 Å². The molecule has 0 bridgehead atoms. The van der Waals surface area contributed by atoms with Crippen LogP contribution in [-0.4, -0.2) is 70.5 Å². The van der Waals surface area contributed by atoms with E-state index >= 15 is 0 Å². The van der Waals surface area contributed by atoms with Gasteiger partial charge in [-0.25, -0.2) is 0 Å². The van der Waals surface area contributed by atoms with Crippen molar-refractivity contribution in [3.63, 3.8) is 0 Å². The molecule has 1 fully saturated rings. The van der Waals surface area contributed by atoms with E-state index in [4.69, 9.17) is 12.3 Å². The van der Waals surface area contributed by atoms with Crippen LogP contribution in [0.25, 0.3) is 0 Å². The molecular weight excluding hydrogens is 329 g/mol. The van der Waals surface area contributed by atoms with Crippen LogP contribution in [0, 0.1) is 0 Å². The molecule has 0 unspecified atom stereocenters. The quantitative estimate of drug-likeness (QED) is 0.711. The number of nitrogens with zero attached hydrogens (tertiary/aromatic N) is 1. The van der Waals surface area contributed by atoms with Crippen LogP contribution in [0.15, 0.2) is 0 Å². The molecule has 5 nitrogen and oxygen atoms in total. The standard InChI is InChI=1S/C5H11NO2.2C3H7O.Sn/c1-6(2-4-7)3-5-8;2*1-3(2)4;/h2-5H2,1H3;2*3H,1-2H3;/q-2;2*-1;+4. The minimum absolute atomic E-state index is 0.0710. The summed E-state index contributed by atoms with van der Waals surface area (Å²) in [4.78, 5) is 2.18. The second-order valence-electron chi connectivity index (χ2n) is 4.83. The van der Waals surface area contributed by atoms with Crippen molar-refractivity contribution < 1.29 is 12.3 Å². The summed E-state index contributed by atoms with van der Waals surface area (Å²) in [6.07, 6.45) is 0.142. The van der Waals surface area contributed by atoms with Crippen molar-refractivity contribution in [2.45, 2.75) is 39.9 Å². The summed E-state index contributed by atoms with van der Waals surface area (Å²) in [5.74, 6) is 0. The van der Waals surface area contributed by atoms with E-state index in [9.17, 15) is 0 Å². The fourth-order valence-corrected chi connectivity index (χ4v) is 7.96. The maximum absolute atomic E-state index is 5.89. The Hall–Kier alpha value is 0.599. The molecule has 0 N–H and O–H groups in total. The number of rotatable bonds is 4. The van der Waals surface area contributed by atoms with Gasteiger partial charge < -0.3 is 0 Å². The van der Waals surface area contributed by atoms with Crippen LogP contribution in [0.1, 0.15) is 27.7 Å². The first kappa shape index (κ1) is 15.7. The number of likely N-dealkylation sites (N-methyl/N-ethyl adjacent to an activating group) is 1. The molecule has 0 aromatic carbocycles. The van der Waals surface area contributed by atoms with E-state index in [1.807, 2.05) is 27.7 Å². The second kappa shape index (κ2) is 7.25. The summed E-state index contributed by atoms with van der Waals surface area (Å²) >= 11 is -3.77. The first-order valence-electron chi connectivity index (χ1n) is 6.25. The molecular formula is C11H25NO4Sn. The monoisotopic (exact) mass is 355 g/mol. The normalized spacial score (nSPS) is 22.8. The molecule has 0 aromatic heterocycles. The Bertz CT molecular complexity index is 204. The average Bonchev–Trinajstić information content (AvgIpc) is 2.12. The summed E-state index contributed by atoms with van der Waals surface area (Å²) in [5.41, 5.74) is 0. The Morgan fingerprint density at radius 1 is 0.941 bits per heavy atom. The van der Waals surface area contributed by atoms with Crippen LogP contribution in [-0.2, 0) is 12.3 Å². The van der Waals surface area contributed by atoms with E-state index in [1.54, 1.807) is 0 Å². The molecule has 0 aromatic rings. The van der Waals surface area contributed by atoms with Crippen molar-refractivity contribution in [2.75, 3.05) is 33.4 Å². The summed E-state index contributed by atoms with van der Waals surface area (Å²) in [6.45, 7) is 11.0. The zero-order valence-corrected chi connectivity index (χ0v) is 14.4. The zero-order chi connectivity index (χ0) is 12.9. The molecule has 0 aliphatic carbocycles. The summed E-state index contributed by atoms with van der Waals surface area (Å²) in [7, 11) is 2.06. The Morgan fingerprint density at radius 2 is 1.35 bits per heavy atom. The average molecular weight is 354 g/mol. The van der Waals surface area contributed by atoms with E-state index in [1.165, 1.54) is 0 Å². The second-order valence-corrected chi connectivity index (χ2v) is 10.7. The van der Waals surface area contributed by atoms with Gasteiger partial charge in [0.1, 0.15) is 0 Å². The Kier molecular flexibility index (Phi) is 6.68. The zero-order valence-electron chi connectivity index (χ0n) is 11.6. The van der Waals surface area contributed by atoms with Crippen LogP contribution in [0.4, 0.5) is 0 Å². The predicted octanol–water partition coefficient (Wildman–Crippen LogP) is 1.25. The Balaban J connectivity index is 2.66. The topological polar surface area (TPSA) is 40.2 Å². The molecule has 1 rings (SSSR count). The molecule has 0 amide bonds. The Morgan fingerprint density at radius 3 is 1.71 bits per heavy atom. The van der Waals surface area contributed by atoms with Crippen molar-refractivity contribution in [1.82, 2.24) is 4.90 Å². The van der Waals surface area contributed by atoms with Crippen molar-refractivity contribution >= 4 is 20.0 Å². The van der Waals surface area contributed by atoms with Gasteiger partial charge in [0, 0.05) is 0 Å². The van der Waals surface area contributed by atoms with Gasteiger partial charge in [0.2, 0.25) is 0 Å². The van der Waals surface area contributed by atoms with E-state index in [0.29, 0.717) is 13.2 Å². The van der Waals surface area contributed by atoms with Gasteiger partial charge in [0.25, 0.3) is 0 Å². The van der Waals surface area contributed by atoms with Crippen molar-refractivity contribution in [3.05, 3.63) is 0 Å². The third kappa shape index (κ3) is 5.85. The van der Waals surface area contributed by atoms with Crippen molar-refractivity contribution in [3.8, 4) is 0 Å². The molecule has 1 heterocycles. The van der Waals surface area contributed by atoms with Crippen LogP contribution in [0.2, 0.25) is 0 Å². The molecule has 0 radical (unpaired) electrons. The van der Waals surface area contributed by atoms with E-state index in [2.05, 4.69) is 11.9 Å². The van der Waals surface area contributed by atoms with Crippen LogP contribution < -0.4 is 0 Å². The van der Waals surface area contributed by atoms with Crippen molar-refractivity contribution in [1.29, 1.82) is 0 Å². The van der Waals surface area contributed by atoms with E-state index in [0.717, 1.165) is 13.1 Å². The molecule has 17 heavy (non-hydrogen) atoms. The minimum atomic E-state index is -3.77. The summed E-state index contributed by atoms with van der Waals surface area (Å²) < 4.78 is 23.5. The fraction of sp³-hybridized carbons (Fsp3) is 1.00. The number of hydrogen-bond acceptors (Lipinski definition) is 5. The fourth-order valence-electron chi connectivity index (χ4n) is 1.55. The summed E-state index contributed by atoms with van der Waals surface area (Å²) in [5, 5.41) is 0. The maximum atomic E-state index is 5.89. The van der Waals surface area contributed by atoms with Gasteiger partial charge >= 0.3 is 110 Å². The third-order valence-electron chi connectivity index (χ3n) is 2.26. The van der Waals surface area contributed by atoms with Crippen LogP contribution in [0.5, 0.6) is 0 Å². The van der Waals surface area contributed by atoms with Crippen LogP contribution >= 0.6 is 0 Å². The molecule has 6 heteroatoms. The molecule has 1 aliphatic rings. The Labute approximate surface area is 110 Å². The van der Waals surface area contributed by atoms with E-state index < -0.39 is 20.0 Å². The molecule has 1 aliphatic heterocycles.